The van der Waals surface area contributed by atoms with Crippen molar-refractivity contribution in [1.29, 1.82) is 0 Å². The number of nitrogens with zero attached hydrogens (tertiary/aromatic N) is 3. The molecule has 2 amide bonds. The summed E-state index contributed by atoms with van der Waals surface area (Å²) in [5.74, 6) is -2.36. The lowest BCUT2D eigenvalue weighted by Crippen LogP contribution is -2.45. The molecule has 7 N–H and O–H groups in total. The molecule has 2 atom stereocenters. The Hall–Kier alpha value is -5.16. The number of anilines is 1. The number of cyclic esters (lactones) is 1. The van der Waals surface area contributed by atoms with Gasteiger partial charge in [-0.15, -0.1) is 0 Å². The summed E-state index contributed by atoms with van der Waals surface area (Å²) in [5.41, 5.74) is 4.70. The third-order valence-electron chi connectivity index (χ3n) is 9.73. The number of rotatable bonds is 16. The van der Waals surface area contributed by atoms with Gasteiger partial charge in [-0.25, -0.2) is 4.79 Å². The Balaban J connectivity index is 0.000000413. The molecule has 3 aliphatic rings. The van der Waals surface area contributed by atoms with Gasteiger partial charge in [-0.1, -0.05) is 49.6 Å². The topological polar surface area (TPSA) is 225 Å². The maximum absolute atomic E-state index is 13.3. The second-order valence-electron chi connectivity index (χ2n) is 13.7. The van der Waals surface area contributed by atoms with Crippen molar-refractivity contribution in [2.75, 3.05) is 51.4 Å². The Bertz CT molecular complexity index is 1790. The number of carbonyl (C=O) groups excluding carboxylic acids is 3. The molecule has 2 aromatic carbocycles. The lowest BCUT2D eigenvalue weighted by Gasteiger charge is -2.34. The Morgan fingerprint density at radius 2 is 1.80 bits per heavy atom. The number of hydrogen-bond donors (Lipinski definition) is 7. The molecule has 0 spiro atoms. The van der Waals surface area contributed by atoms with E-state index >= 15 is 0 Å². The zero-order valence-corrected chi connectivity index (χ0v) is 31.0. The van der Waals surface area contributed by atoms with Gasteiger partial charge in [0, 0.05) is 37.9 Å². The number of phenols is 1. The van der Waals surface area contributed by atoms with Gasteiger partial charge in [-0.3, -0.25) is 14.3 Å². The summed E-state index contributed by atoms with van der Waals surface area (Å²) in [4.78, 5) is 37.5. The molecule has 0 saturated heterocycles. The fourth-order valence-corrected chi connectivity index (χ4v) is 6.71. The van der Waals surface area contributed by atoms with Crippen LogP contribution in [0.3, 0.4) is 0 Å². The zero-order valence-electron chi connectivity index (χ0n) is 31.0. The third kappa shape index (κ3) is 11.2. The van der Waals surface area contributed by atoms with E-state index in [1.54, 1.807) is 10.7 Å². The Kier molecular flexibility index (Phi) is 14.9. The zero-order chi connectivity index (χ0) is 39.3. The summed E-state index contributed by atoms with van der Waals surface area (Å²) in [7, 11) is 1.91. The number of fused-ring (bicyclic) bond motifs is 1. The van der Waals surface area contributed by atoms with Gasteiger partial charge < -0.3 is 55.3 Å². The number of benzene rings is 2. The fraction of sp³-hybridized carbons (Fsp3) is 0.487. The molecular formula is C39H51N5O11. The number of hydrogen-bond acceptors (Lipinski definition) is 13. The van der Waals surface area contributed by atoms with Crippen molar-refractivity contribution in [2.24, 2.45) is 7.05 Å². The molecule has 0 radical (unpaired) electrons. The van der Waals surface area contributed by atoms with Crippen molar-refractivity contribution in [3.8, 4) is 22.6 Å². The lowest BCUT2D eigenvalue weighted by molar-refractivity contribution is -0.147. The van der Waals surface area contributed by atoms with Crippen molar-refractivity contribution >= 4 is 23.5 Å². The van der Waals surface area contributed by atoms with Crippen LogP contribution in [0.5, 0.6) is 11.5 Å². The number of aryl methyl sites for hydroxylation is 1. The first-order chi connectivity index (χ1) is 26.5. The first kappa shape index (κ1) is 41.0. The highest BCUT2D eigenvalue weighted by Crippen LogP contribution is 2.39. The van der Waals surface area contributed by atoms with E-state index in [9.17, 15) is 19.5 Å². The van der Waals surface area contributed by atoms with Crippen LogP contribution < -0.4 is 15.4 Å². The quantitative estimate of drug-likeness (QED) is 0.0634. The number of ether oxygens (including phenoxy) is 3. The Labute approximate surface area is 319 Å². The van der Waals surface area contributed by atoms with Gasteiger partial charge >= 0.3 is 5.97 Å². The smallest absolute Gasteiger partial charge is 0.377 e. The average Bonchev–Trinajstić information content (AvgIpc) is 3.75. The summed E-state index contributed by atoms with van der Waals surface area (Å²) in [6, 6.07) is 12.2. The first-order valence-electron chi connectivity index (χ1n) is 18.6. The van der Waals surface area contributed by atoms with Gasteiger partial charge in [0.05, 0.1) is 32.4 Å². The van der Waals surface area contributed by atoms with Crippen molar-refractivity contribution in [3.05, 3.63) is 71.4 Å². The molecule has 3 aromatic rings. The number of esters is 1. The summed E-state index contributed by atoms with van der Waals surface area (Å²) in [5, 5.41) is 55.5. The van der Waals surface area contributed by atoms with Crippen molar-refractivity contribution < 1.29 is 54.1 Å². The molecule has 0 bridgehead atoms. The maximum Gasteiger partial charge on any atom is 0.377 e. The van der Waals surface area contributed by atoms with E-state index in [4.69, 9.17) is 29.9 Å². The number of aliphatic hydroxyl groups excluding tert-OH is 4. The van der Waals surface area contributed by atoms with Crippen LogP contribution in [0.25, 0.3) is 11.1 Å². The number of nitrogens with one attached hydrogen (secondary N) is 2. The van der Waals surface area contributed by atoms with Crippen LogP contribution in [0.1, 0.15) is 49.7 Å². The molecule has 16 nitrogen and oxygen atoms in total. The van der Waals surface area contributed by atoms with E-state index in [0.29, 0.717) is 63.2 Å². The molecule has 0 unspecified atom stereocenters. The third-order valence-corrected chi connectivity index (χ3v) is 9.73. The highest BCUT2D eigenvalue weighted by Gasteiger charge is 2.38. The van der Waals surface area contributed by atoms with E-state index in [1.165, 1.54) is 24.8 Å². The summed E-state index contributed by atoms with van der Waals surface area (Å²) in [6.07, 6.45) is 8.65. The largest absolute Gasteiger partial charge is 0.506 e. The number of aromatic hydroxyl groups is 1. The van der Waals surface area contributed by atoms with Crippen molar-refractivity contribution in [1.82, 2.24) is 20.0 Å². The molecule has 55 heavy (non-hydrogen) atoms. The molecule has 1 aliphatic carbocycles. The Morgan fingerprint density at radius 3 is 2.47 bits per heavy atom. The summed E-state index contributed by atoms with van der Waals surface area (Å²) < 4.78 is 17.6. The second kappa shape index (κ2) is 20.0. The minimum atomic E-state index is -1.42. The lowest BCUT2D eigenvalue weighted by atomic mass is 9.94. The number of aromatic nitrogens is 2. The number of aliphatic hydroxyl groups is 4. The van der Waals surface area contributed by atoms with E-state index in [1.807, 2.05) is 25.5 Å². The highest BCUT2D eigenvalue weighted by molar-refractivity contribution is 5.97. The van der Waals surface area contributed by atoms with Crippen LogP contribution in [0.15, 0.2) is 60.3 Å². The maximum atomic E-state index is 13.3. The highest BCUT2D eigenvalue weighted by atomic mass is 16.6. The number of phenolic OH excluding ortho intramolecular Hbond substituents is 1. The monoisotopic (exact) mass is 765 g/mol. The van der Waals surface area contributed by atoms with E-state index in [2.05, 4.69) is 49.6 Å². The van der Waals surface area contributed by atoms with Gasteiger partial charge in [0.25, 0.3) is 5.91 Å². The van der Waals surface area contributed by atoms with Crippen molar-refractivity contribution in [2.45, 2.75) is 69.6 Å². The first-order valence-corrected chi connectivity index (χ1v) is 18.6. The predicted molar refractivity (Wildman–Crippen MR) is 200 cm³/mol. The minimum Gasteiger partial charge on any atom is -0.506 e. The van der Waals surface area contributed by atoms with Crippen LogP contribution in [0, 0.1) is 0 Å². The van der Waals surface area contributed by atoms with Gasteiger partial charge in [0.2, 0.25) is 11.7 Å². The number of carbonyl (C=O) groups is 3. The van der Waals surface area contributed by atoms with Gasteiger partial charge in [-0.05, 0) is 55.0 Å². The van der Waals surface area contributed by atoms with Crippen molar-refractivity contribution in [3.63, 3.8) is 0 Å². The molecule has 1 aromatic heterocycles. The van der Waals surface area contributed by atoms with E-state index in [0.717, 1.165) is 36.0 Å². The fourth-order valence-electron chi connectivity index (χ4n) is 6.71. The Morgan fingerprint density at radius 1 is 1.04 bits per heavy atom. The predicted octanol–water partition coefficient (Wildman–Crippen LogP) is 2.66. The van der Waals surface area contributed by atoms with E-state index < -0.39 is 36.3 Å². The summed E-state index contributed by atoms with van der Waals surface area (Å²) >= 11 is 0. The average molecular weight is 766 g/mol. The van der Waals surface area contributed by atoms with Crippen LogP contribution in [0.4, 0.5) is 5.69 Å². The van der Waals surface area contributed by atoms with Gasteiger partial charge in [-0.2, -0.15) is 5.10 Å². The molecule has 16 heteroatoms. The van der Waals surface area contributed by atoms with E-state index in [-0.39, 0.29) is 24.2 Å². The SMILES string of the molecule is Cn1cc(-c2ccc(CCOCCC(=O)N(CCNCCc3ccc(O)c4c3OCC(=O)N4)C3CCCCC3)cc2)cn1.O=C1O[C@H]([C@@H](O)CO)C(O)=C1O. The molecule has 1 fully saturated rings. The van der Waals surface area contributed by atoms with Crippen LogP contribution in [-0.4, -0.2) is 122 Å². The second-order valence-corrected chi connectivity index (χ2v) is 13.7. The van der Waals surface area contributed by atoms with Crippen LogP contribution >= 0.6 is 0 Å². The number of amides is 2. The molecular weight excluding hydrogens is 714 g/mol. The summed E-state index contributed by atoms with van der Waals surface area (Å²) in [6.45, 7) is 2.31. The normalized spacial score (nSPS) is 17.4. The molecule has 6 rings (SSSR count). The molecule has 1 saturated carbocycles. The van der Waals surface area contributed by atoms with Crippen LogP contribution in [0.2, 0.25) is 0 Å². The van der Waals surface area contributed by atoms with Gasteiger partial charge in [0.1, 0.15) is 17.5 Å². The van der Waals surface area contributed by atoms with Gasteiger partial charge in [0.15, 0.2) is 24.2 Å². The van der Waals surface area contributed by atoms with Crippen LogP contribution in [-0.2, 0) is 43.7 Å². The molecule has 2 aliphatic heterocycles. The minimum absolute atomic E-state index is 0.000764. The molecule has 298 valence electrons. The standard InChI is InChI=1S/C33H43N5O5.C6H8O6/c1-37-22-27(21-35-37)25-9-7-24(8-10-25)14-19-42-20-15-31(41)38(28-5-3-2-4-6-28)18-17-34-16-13-26-11-12-29(39)32-33(26)43-23-30(40)36-32;7-1-2(8)5-3(9)4(10)6(11)12-5/h7-12,21-22,28,34,39H,2-6,13-20,23H2,1H3,(H,36,40);2,5,7-10H,1H2/t;2-,5+/m.0/s1. The molecule has 3 heterocycles.